The maximum absolute atomic E-state index is 5.18. The fourth-order valence-electron chi connectivity index (χ4n) is 0.536. The van der Waals surface area contributed by atoms with Crippen LogP contribution in [0.25, 0.3) is 0 Å². The van der Waals surface area contributed by atoms with Gasteiger partial charge in [0.1, 0.15) is 5.60 Å². The standard InChI is InChI=1S/C6H9IN2O2/c1-6(2,10-3)4-8-9-5(7)11-4/h1-3H3. The van der Waals surface area contributed by atoms with Gasteiger partial charge in [-0.05, 0) is 13.8 Å². The zero-order chi connectivity index (χ0) is 8.48. The van der Waals surface area contributed by atoms with Crippen molar-refractivity contribution in [1.29, 1.82) is 0 Å². The molecule has 0 fully saturated rings. The highest BCUT2D eigenvalue weighted by Crippen LogP contribution is 2.22. The van der Waals surface area contributed by atoms with Gasteiger partial charge in [-0.1, -0.05) is 0 Å². The summed E-state index contributed by atoms with van der Waals surface area (Å²) >= 11 is 1.96. The first kappa shape index (κ1) is 8.92. The average Bonchev–Trinajstić information content (AvgIpc) is 2.36. The number of ether oxygens (including phenoxy) is 1. The van der Waals surface area contributed by atoms with Crippen LogP contribution >= 0.6 is 22.6 Å². The van der Waals surface area contributed by atoms with E-state index in [0.29, 0.717) is 9.79 Å². The van der Waals surface area contributed by atoms with Gasteiger partial charge in [0.05, 0.1) is 0 Å². The lowest BCUT2D eigenvalue weighted by molar-refractivity contribution is -0.00447. The summed E-state index contributed by atoms with van der Waals surface area (Å²) in [4.78, 5) is 0. The third kappa shape index (κ3) is 1.90. The summed E-state index contributed by atoms with van der Waals surface area (Å²) in [6.45, 7) is 3.74. The van der Waals surface area contributed by atoms with E-state index in [-0.39, 0.29) is 0 Å². The van der Waals surface area contributed by atoms with Crippen LogP contribution in [-0.4, -0.2) is 17.3 Å². The van der Waals surface area contributed by atoms with Crippen LogP contribution in [0.4, 0.5) is 0 Å². The minimum Gasteiger partial charge on any atom is -0.413 e. The summed E-state index contributed by atoms with van der Waals surface area (Å²) in [7, 11) is 1.61. The maximum atomic E-state index is 5.18. The van der Waals surface area contributed by atoms with Crippen LogP contribution in [0.3, 0.4) is 0 Å². The molecule has 0 spiro atoms. The maximum Gasteiger partial charge on any atom is 0.278 e. The molecule has 0 radical (unpaired) electrons. The summed E-state index contributed by atoms with van der Waals surface area (Å²) in [6.07, 6.45) is 0. The van der Waals surface area contributed by atoms with E-state index in [2.05, 4.69) is 10.2 Å². The van der Waals surface area contributed by atoms with Crippen LogP contribution < -0.4 is 0 Å². The third-order valence-electron chi connectivity index (χ3n) is 1.43. The lowest BCUT2D eigenvalue weighted by Crippen LogP contribution is -2.19. The number of rotatable bonds is 2. The van der Waals surface area contributed by atoms with Crippen LogP contribution in [0, 0.1) is 3.90 Å². The van der Waals surface area contributed by atoms with E-state index in [1.165, 1.54) is 0 Å². The molecule has 62 valence electrons. The highest BCUT2D eigenvalue weighted by Gasteiger charge is 2.26. The van der Waals surface area contributed by atoms with Gasteiger partial charge in [0.2, 0.25) is 5.89 Å². The van der Waals surface area contributed by atoms with Crippen molar-refractivity contribution in [3.05, 3.63) is 9.79 Å². The van der Waals surface area contributed by atoms with Gasteiger partial charge in [0.25, 0.3) is 3.90 Å². The summed E-state index contributed by atoms with van der Waals surface area (Å²) < 4.78 is 10.8. The zero-order valence-electron chi connectivity index (χ0n) is 6.59. The smallest absolute Gasteiger partial charge is 0.278 e. The fraction of sp³-hybridized carbons (Fsp3) is 0.667. The Hall–Kier alpha value is -0.170. The fourth-order valence-corrected chi connectivity index (χ4v) is 0.852. The molecule has 0 aromatic carbocycles. The van der Waals surface area contributed by atoms with Crippen molar-refractivity contribution >= 4 is 22.6 Å². The average molecular weight is 268 g/mol. The highest BCUT2D eigenvalue weighted by molar-refractivity contribution is 14.1. The number of halogens is 1. The van der Waals surface area contributed by atoms with Gasteiger partial charge in [-0.15, -0.1) is 10.2 Å². The van der Waals surface area contributed by atoms with Crippen LogP contribution in [0.1, 0.15) is 19.7 Å². The molecule has 4 nitrogen and oxygen atoms in total. The normalized spacial score (nSPS) is 12.0. The van der Waals surface area contributed by atoms with E-state index in [4.69, 9.17) is 9.15 Å². The second-order valence-electron chi connectivity index (χ2n) is 2.57. The van der Waals surface area contributed by atoms with Gasteiger partial charge < -0.3 is 9.15 Å². The second kappa shape index (κ2) is 3.06. The van der Waals surface area contributed by atoms with E-state index in [0.717, 1.165) is 0 Å². The van der Waals surface area contributed by atoms with Crippen molar-refractivity contribution in [2.45, 2.75) is 19.4 Å². The molecule has 0 aliphatic carbocycles. The Morgan fingerprint density at radius 2 is 2.09 bits per heavy atom. The van der Waals surface area contributed by atoms with Gasteiger partial charge in [-0.2, -0.15) is 0 Å². The topological polar surface area (TPSA) is 48.2 Å². The third-order valence-corrected chi connectivity index (χ3v) is 1.86. The molecule has 0 amide bonds. The largest absolute Gasteiger partial charge is 0.413 e. The summed E-state index contributed by atoms with van der Waals surface area (Å²) in [5, 5.41) is 7.53. The van der Waals surface area contributed by atoms with Gasteiger partial charge in [-0.3, -0.25) is 0 Å². The first-order valence-electron chi connectivity index (χ1n) is 3.11. The second-order valence-corrected chi connectivity index (χ2v) is 3.50. The molecule has 0 bridgehead atoms. The molecule has 0 atom stereocenters. The molecule has 11 heavy (non-hydrogen) atoms. The number of aromatic nitrogens is 2. The van der Waals surface area contributed by atoms with Crippen molar-refractivity contribution in [3.63, 3.8) is 0 Å². The molecular formula is C6H9IN2O2. The van der Waals surface area contributed by atoms with E-state index < -0.39 is 5.60 Å². The molecular weight excluding hydrogens is 259 g/mol. The molecule has 0 saturated carbocycles. The first-order valence-corrected chi connectivity index (χ1v) is 4.19. The van der Waals surface area contributed by atoms with Gasteiger partial charge >= 0.3 is 0 Å². The van der Waals surface area contributed by atoms with E-state index >= 15 is 0 Å². The van der Waals surface area contributed by atoms with Crippen LogP contribution in [0.2, 0.25) is 0 Å². The minimum absolute atomic E-state index is 0.490. The summed E-state index contributed by atoms with van der Waals surface area (Å²) in [6, 6.07) is 0. The van der Waals surface area contributed by atoms with Crippen LogP contribution in [-0.2, 0) is 10.3 Å². The van der Waals surface area contributed by atoms with Crippen molar-refractivity contribution in [3.8, 4) is 0 Å². The predicted molar refractivity (Wildman–Crippen MR) is 47.1 cm³/mol. The van der Waals surface area contributed by atoms with Gasteiger partial charge in [-0.25, -0.2) is 0 Å². The van der Waals surface area contributed by atoms with Crippen LogP contribution in [0.15, 0.2) is 4.42 Å². The number of hydrogen-bond acceptors (Lipinski definition) is 4. The molecule has 5 heteroatoms. The first-order chi connectivity index (χ1) is 5.06. The minimum atomic E-state index is -0.490. The molecule has 1 aromatic heterocycles. The SMILES string of the molecule is COC(C)(C)c1nnc(I)o1. The number of hydrogen-bond donors (Lipinski definition) is 0. The lowest BCUT2D eigenvalue weighted by Gasteiger charge is -2.16. The molecule has 1 rings (SSSR count). The van der Waals surface area contributed by atoms with Crippen molar-refractivity contribution < 1.29 is 9.15 Å². The van der Waals surface area contributed by atoms with E-state index in [1.807, 2.05) is 36.4 Å². The van der Waals surface area contributed by atoms with E-state index in [1.54, 1.807) is 7.11 Å². The highest BCUT2D eigenvalue weighted by atomic mass is 127. The summed E-state index contributed by atoms with van der Waals surface area (Å²) in [5.41, 5.74) is -0.490. The molecule has 0 unspecified atom stereocenters. The Morgan fingerprint density at radius 1 is 1.45 bits per heavy atom. The molecule has 1 aromatic rings. The number of nitrogens with zero attached hydrogens (tertiary/aromatic N) is 2. The van der Waals surface area contributed by atoms with Gasteiger partial charge in [0, 0.05) is 29.7 Å². The zero-order valence-corrected chi connectivity index (χ0v) is 8.75. The monoisotopic (exact) mass is 268 g/mol. The summed E-state index contributed by atoms with van der Waals surface area (Å²) in [5.74, 6) is 0.504. The Morgan fingerprint density at radius 3 is 2.45 bits per heavy atom. The van der Waals surface area contributed by atoms with Crippen LogP contribution in [0.5, 0.6) is 0 Å². The molecule has 0 aliphatic rings. The van der Waals surface area contributed by atoms with E-state index in [9.17, 15) is 0 Å². The molecule has 1 heterocycles. The lowest BCUT2D eigenvalue weighted by atomic mass is 10.1. The molecule has 0 saturated heterocycles. The van der Waals surface area contributed by atoms with Crippen molar-refractivity contribution in [2.75, 3.05) is 7.11 Å². The Kier molecular flexibility index (Phi) is 2.48. The molecule has 0 N–H and O–H groups in total. The Labute approximate surface area is 78.5 Å². The van der Waals surface area contributed by atoms with Crippen molar-refractivity contribution in [2.24, 2.45) is 0 Å². The quantitative estimate of drug-likeness (QED) is 0.763. The Balaban J connectivity index is 2.92. The molecule has 0 aliphatic heterocycles. The number of methoxy groups -OCH3 is 1. The van der Waals surface area contributed by atoms with Gasteiger partial charge in [0.15, 0.2) is 0 Å². The Bertz CT molecular complexity index is 246. The van der Waals surface area contributed by atoms with Crippen molar-refractivity contribution in [1.82, 2.24) is 10.2 Å². The predicted octanol–water partition coefficient (Wildman–Crippen LogP) is 1.56.